The van der Waals surface area contributed by atoms with Gasteiger partial charge in [-0.2, -0.15) is 18.3 Å². The van der Waals surface area contributed by atoms with Gasteiger partial charge in [0, 0.05) is 62.8 Å². The standard InChI is InChI=1S/C34H32F6N6O5/c35-24-4-1-21(2-5-24)16-46(31(34(38,39)40)19-32(36,37)20-31)28(48)18-45-29(49)33(42-30(45)50)14-27(47)25-13-22(3-6-26(25)33)23-15-41-44(17-23)8-7-43-9-11-51-12-10-43/h1-6,13,15,17H,7-12,14,16,18-20H2,(H,42,50)/t33-/m0/s1. The van der Waals surface area contributed by atoms with Gasteiger partial charge >= 0.3 is 12.2 Å². The van der Waals surface area contributed by atoms with Gasteiger partial charge in [0.2, 0.25) is 5.91 Å². The van der Waals surface area contributed by atoms with E-state index in [0.29, 0.717) is 35.8 Å². The predicted octanol–water partition coefficient (Wildman–Crippen LogP) is 4.11. The van der Waals surface area contributed by atoms with E-state index in [4.69, 9.17) is 4.74 Å². The van der Waals surface area contributed by atoms with Crippen LogP contribution in [-0.4, -0.2) is 105 Å². The summed E-state index contributed by atoms with van der Waals surface area (Å²) in [5.74, 6) is -7.40. The van der Waals surface area contributed by atoms with Crippen molar-refractivity contribution >= 4 is 23.6 Å². The first-order valence-corrected chi connectivity index (χ1v) is 16.3. The van der Waals surface area contributed by atoms with Gasteiger partial charge in [0.1, 0.15) is 17.9 Å². The molecule has 2 saturated heterocycles. The predicted molar refractivity (Wildman–Crippen MR) is 166 cm³/mol. The van der Waals surface area contributed by atoms with Gasteiger partial charge in [-0.25, -0.2) is 18.0 Å². The molecule has 3 fully saturated rings. The third-order valence-corrected chi connectivity index (χ3v) is 10.1. The highest BCUT2D eigenvalue weighted by atomic mass is 19.4. The van der Waals surface area contributed by atoms with Crippen LogP contribution >= 0.6 is 0 Å². The van der Waals surface area contributed by atoms with Crippen LogP contribution in [0.15, 0.2) is 54.9 Å². The maximum Gasteiger partial charge on any atom is 0.412 e. The third kappa shape index (κ3) is 6.15. The molecule has 11 nitrogen and oxygen atoms in total. The molecule has 2 aliphatic carbocycles. The fourth-order valence-electron chi connectivity index (χ4n) is 7.35. The molecule has 3 aromatic rings. The van der Waals surface area contributed by atoms with E-state index in [9.17, 15) is 45.5 Å². The van der Waals surface area contributed by atoms with E-state index in [1.54, 1.807) is 23.0 Å². The van der Waals surface area contributed by atoms with Crippen LogP contribution in [0.2, 0.25) is 0 Å². The fourth-order valence-corrected chi connectivity index (χ4v) is 7.35. The van der Waals surface area contributed by atoms with Gasteiger partial charge in [-0.1, -0.05) is 24.3 Å². The summed E-state index contributed by atoms with van der Waals surface area (Å²) in [7, 11) is 0. The number of amides is 4. The van der Waals surface area contributed by atoms with Crippen molar-refractivity contribution in [3.63, 3.8) is 0 Å². The first-order chi connectivity index (χ1) is 24.1. The molecule has 1 N–H and O–H groups in total. The lowest BCUT2D eigenvalue weighted by Gasteiger charge is -2.54. The van der Waals surface area contributed by atoms with Crippen LogP contribution in [0.4, 0.5) is 31.1 Å². The molecule has 1 saturated carbocycles. The molecule has 7 rings (SSSR count). The van der Waals surface area contributed by atoms with Crippen LogP contribution in [0.25, 0.3) is 11.1 Å². The molecule has 3 heterocycles. The number of morpholine rings is 1. The molecule has 1 atom stereocenters. The Morgan fingerprint density at radius 3 is 2.35 bits per heavy atom. The number of nitrogens with one attached hydrogen (secondary N) is 1. The van der Waals surface area contributed by atoms with Crippen molar-refractivity contribution in [2.45, 2.75) is 55.5 Å². The number of benzene rings is 2. The second-order valence-electron chi connectivity index (χ2n) is 13.4. The summed E-state index contributed by atoms with van der Waals surface area (Å²) in [6.07, 6.45) is -5.81. The van der Waals surface area contributed by atoms with E-state index in [1.807, 2.05) is 6.20 Å². The fraction of sp³-hybridized carbons (Fsp3) is 0.441. The number of rotatable bonds is 9. The van der Waals surface area contributed by atoms with Crippen molar-refractivity contribution in [2.24, 2.45) is 0 Å². The molecule has 270 valence electrons. The Morgan fingerprint density at radius 2 is 1.69 bits per heavy atom. The summed E-state index contributed by atoms with van der Waals surface area (Å²) in [6.45, 7) is 2.31. The Morgan fingerprint density at radius 1 is 0.980 bits per heavy atom. The average molecular weight is 719 g/mol. The van der Waals surface area contributed by atoms with Crippen LogP contribution in [0.3, 0.4) is 0 Å². The minimum atomic E-state index is -5.31. The number of halogens is 6. The Hall–Kier alpha value is -4.77. The van der Waals surface area contributed by atoms with Crippen LogP contribution in [-0.2, 0) is 33.0 Å². The summed E-state index contributed by atoms with van der Waals surface area (Å²) < 4.78 is 92.2. The number of ether oxygens (including phenoxy) is 1. The lowest BCUT2D eigenvalue weighted by atomic mass is 9.71. The zero-order valence-electron chi connectivity index (χ0n) is 27.0. The first-order valence-electron chi connectivity index (χ1n) is 16.3. The molecule has 2 aliphatic heterocycles. The molecule has 0 unspecified atom stereocenters. The minimum absolute atomic E-state index is 0.00558. The average Bonchev–Trinajstić information content (AvgIpc) is 3.73. The van der Waals surface area contributed by atoms with Crippen LogP contribution < -0.4 is 5.32 Å². The van der Waals surface area contributed by atoms with Gasteiger partial charge in [-0.3, -0.25) is 28.9 Å². The van der Waals surface area contributed by atoms with Gasteiger partial charge < -0.3 is 15.0 Å². The highest BCUT2D eigenvalue weighted by Gasteiger charge is 2.73. The number of nitrogens with zero attached hydrogens (tertiary/aromatic N) is 5. The van der Waals surface area contributed by atoms with Crippen molar-refractivity contribution in [1.82, 2.24) is 29.8 Å². The molecule has 4 amide bonds. The van der Waals surface area contributed by atoms with Gasteiger partial charge in [-0.15, -0.1) is 0 Å². The number of hydrogen-bond acceptors (Lipinski definition) is 7. The summed E-state index contributed by atoms with van der Waals surface area (Å²) in [5.41, 5.74) is -3.61. The summed E-state index contributed by atoms with van der Waals surface area (Å²) >= 11 is 0. The summed E-state index contributed by atoms with van der Waals surface area (Å²) in [4.78, 5) is 56.9. The number of aromatic nitrogens is 2. The Bertz CT molecular complexity index is 1880. The third-order valence-electron chi connectivity index (χ3n) is 10.1. The minimum Gasteiger partial charge on any atom is -0.379 e. The molecule has 4 aliphatic rings. The maximum atomic E-state index is 14.5. The number of carbonyl (C=O) groups is 4. The molecular weight excluding hydrogens is 686 g/mol. The largest absolute Gasteiger partial charge is 0.412 e. The molecule has 1 aromatic heterocycles. The van der Waals surface area contributed by atoms with Crippen molar-refractivity contribution in [3.05, 3.63) is 77.4 Å². The molecule has 0 radical (unpaired) electrons. The Kier molecular flexibility index (Phi) is 8.48. The number of alkyl halides is 5. The summed E-state index contributed by atoms with van der Waals surface area (Å²) in [5, 5.41) is 6.88. The van der Waals surface area contributed by atoms with E-state index in [-0.39, 0.29) is 21.6 Å². The van der Waals surface area contributed by atoms with Crippen molar-refractivity contribution in [3.8, 4) is 11.1 Å². The van der Waals surface area contributed by atoms with Crippen LogP contribution in [0, 0.1) is 5.82 Å². The second kappa shape index (κ2) is 12.5. The number of fused-ring (bicyclic) bond motifs is 2. The van der Waals surface area contributed by atoms with Gasteiger partial charge in [0.05, 0.1) is 26.0 Å². The van der Waals surface area contributed by atoms with Crippen molar-refractivity contribution in [2.75, 3.05) is 39.4 Å². The second-order valence-corrected chi connectivity index (χ2v) is 13.4. The van der Waals surface area contributed by atoms with E-state index < -0.39 is 85.0 Å². The van der Waals surface area contributed by atoms with Crippen molar-refractivity contribution < 1.29 is 50.3 Å². The lowest BCUT2D eigenvalue weighted by Crippen LogP contribution is -2.71. The normalized spacial score (nSPS) is 22.6. The van der Waals surface area contributed by atoms with Crippen molar-refractivity contribution in [1.29, 1.82) is 0 Å². The number of carbonyl (C=O) groups excluding carboxylic acids is 4. The monoisotopic (exact) mass is 718 g/mol. The number of ketones is 1. The number of hydrogen-bond donors (Lipinski definition) is 1. The zero-order valence-corrected chi connectivity index (χ0v) is 27.0. The topological polar surface area (TPSA) is 117 Å². The van der Waals surface area contributed by atoms with Gasteiger partial charge in [0.15, 0.2) is 11.3 Å². The molecule has 1 spiro atoms. The highest BCUT2D eigenvalue weighted by Crippen LogP contribution is 2.57. The lowest BCUT2D eigenvalue weighted by molar-refractivity contribution is -0.307. The molecule has 51 heavy (non-hydrogen) atoms. The van der Waals surface area contributed by atoms with E-state index in [0.717, 1.165) is 43.9 Å². The SMILES string of the molecule is O=C1C[C@]2(NC(=O)N(CC(=O)N(Cc3ccc(F)cc3)C3(C(F)(F)F)CC(F)(F)C3)C2=O)c2ccc(-c3cnn(CCN4CCOCC4)c3)cc21. The number of urea groups is 1. The van der Waals surface area contributed by atoms with Crippen LogP contribution in [0.1, 0.15) is 40.7 Å². The van der Waals surface area contributed by atoms with E-state index in [2.05, 4.69) is 15.3 Å². The highest BCUT2D eigenvalue weighted by molar-refractivity contribution is 6.17. The zero-order chi connectivity index (χ0) is 36.3. The van der Waals surface area contributed by atoms with E-state index >= 15 is 0 Å². The maximum absolute atomic E-state index is 14.5. The number of imide groups is 1. The molecule has 0 bridgehead atoms. The van der Waals surface area contributed by atoms with E-state index in [1.165, 1.54) is 6.07 Å². The smallest absolute Gasteiger partial charge is 0.379 e. The van der Waals surface area contributed by atoms with Gasteiger partial charge in [0.25, 0.3) is 11.8 Å². The first kappa shape index (κ1) is 34.7. The molecule has 2 aromatic carbocycles. The Balaban J connectivity index is 1.12. The number of Topliss-reactive ketones (excluding diaryl/α,β-unsaturated/α-hetero) is 1. The quantitative estimate of drug-likeness (QED) is 0.262. The Labute approximate surface area is 287 Å². The van der Waals surface area contributed by atoms with Gasteiger partial charge in [-0.05, 0) is 34.9 Å². The summed E-state index contributed by atoms with van der Waals surface area (Å²) in [6, 6.07) is 7.65. The molecule has 17 heteroatoms. The molecular formula is C34H32F6N6O5. The van der Waals surface area contributed by atoms with Crippen LogP contribution in [0.5, 0.6) is 0 Å².